The number of methoxy groups -OCH3 is 1. The first-order valence-electron chi connectivity index (χ1n) is 11.7. The lowest BCUT2D eigenvalue weighted by molar-refractivity contribution is 0.416. The van der Waals surface area contributed by atoms with Crippen molar-refractivity contribution in [2.75, 3.05) is 7.11 Å². The average molecular weight is 561 g/mol. The zero-order valence-electron chi connectivity index (χ0n) is 20.0. The van der Waals surface area contributed by atoms with Gasteiger partial charge in [0.15, 0.2) is 17.2 Å². The van der Waals surface area contributed by atoms with E-state index in [1.807, 2.05) is 0 Å². The number of fused-ring (bicyclic) bond motifs is 6. The predicted molar refractivity (Wildman–Crippen MR) is 143 cm³/mol. The first kappa shape index (κ1) is 23.6. The summed E-state index contributed by atoms with van der Waals surface area (Å²) in [6.07, 6.45) is 1.43. The summed E-state index contributed by atoms with van der Waals surface area (Å²) < 4.78 is 34.3. The second-order valence-corrected chi connectivity index (χ2v) is 9.65. The summed E-state index contributed by atoms with van der Waals surface area (Å²) in [6, 6.07) is 16.3. The lowest BCUT2D eigenvalue weighted by Crippen LogP contribution is -2.23. The fourth-order valence-corrected chi connectivity index (χ4v) is 5.42. The molecule has 1 aliphatic rings. The molecule has 0 radical (unpaired) electrons. The third-order valence-electron chi connectivity index (χ3n) is 6.65. The molecule has 0 spiro atoms. The number of rotatable bonds is 3. The van der Waals surface area contributed by atoms with Gasteiger partial charge in [0.2, 0.25) is 5.88 Å². The molecule has 3 aromatic heterocycles. The molecule has 11 heteroatoms. The number of hydrogen-bond donors (Lipinski definition) is 0. The highest BCUT2D eigenvalue weighted by Crippen LogP contribution is 2.50. The lowest BCUT2D eigenvalue weighted by atomic mass is 9.83. The van der Waals surface area contributed by atoms with E-state index in [0.717, 1.165) is 0 Å². The van der Waals surface area contributed by atoms with Crippen molar-refractivity contribution in [3.63, 3.8) is 0 Å². The van der Waals surface area contributed by atoms with Crippen LogP contribution in [0.2, 0.25) is 10.0 Å². The van der Waals surface area contributed by atoms with Crippen LogP contribution in [0.5, 0.6) is 17.4 Å². The molecule has 1 unspecified atom stereocenters. The highest BCUT2D eigenvalue weighted by Gasteiger charge is 2.39. The Morgan fingerprint density at radius 1 is 1.03 bits per heavy atom. The fraction of sp³-hybridized carbons (Fsp3) is 0.0714. The van der Waals surface area contributed by atoms with E-state index in [9.17, 15) is 4.79 Å². The standard InChI is InChI=1S/C28H15Cl2FN4O4/c1-37-18-10-9-13(29)11-15(18)25-33-26-23-21(20-16(30)6-4-7-17(20)31)22-24(39-27(23)32-12-35(26)34-25)14-5-2-3-8-19(14)38-28(22)36/h2-12,21H,1H3. The van der Waals surface area contributed by atoms with Crippen LogP contribution >= 0.6 is 23.2 Å². The molecule has 1 aliphatic heterocycles. The minimum Gasteiger partial charge on any atom is -0.496 e. The maximum Gasteiger partial charge on any atom is 0.344 e. The Labute approximate surface area is 229 Å². The fourth-order valence-electron chi connectivity index (χ4n) is 4.97. The minimum absolute atomic E-state index is 0.0623. The van der Waals surface area contributed by atoms with Gasteiger partial charge in [-0.3, -0.25) is 0 Å². The topological polar surface area (TPSA) is 91.8 Å². The van der Waals surface area contributed by atoms with Crippen molar-refractivity contribution >= 4 is 39.8 Å². The molecule has 0 amide bonds. The smallest absolute Gasteiger partial charge is 0.344 e. The molecule has 1 atom stereocenters. The number of ether oxygens (including phenoxy) is 2. The number of benzene rings is 3. The molecule has 39 heavy (non-hydrogen) atoms. The summed E-state index contributed by atoms with van der Waals surface area (Å²) in [5.74, 6) is -0.553. The molecule has 3 aromatic carbocycles. The maximum atomic E-state index is 15.5. The summed E-state index contributed by atoms with van der Waals surface area (Å²) >= 11 is 12.8. The minimum atomic E-state index is -1.06. The normalized spacial score (nSPS) is 14.2. The SMILES string of the molecule is COc1ccc(Cl)cc1-c1nc2c3c(ncn2n1)Oc1c(c(=O)oc2ccccc12)C3c1c(F)cccc1Cl. The van der Waals surface area contributed by atoms with E-state index in [0.29, 0.717) is 32.9 Å². The van der Waals surface area contributed by atoms with Gasteiger partial charge in [-0.2, -0.15) is 0 Å². The first-order chi connectivity index (χ1) is 18.9. The van der Waals surface area contributed by atoms with Gasteiger partial charge in [-0.1, -0.05) is 41.4 Å². The maximum absolute atomic E-state index is 15.5. The van der Waals surface area contributed by atoms with Crippen molar-refractivity contribution in [2.45, 2.75) is 5.92 Å². The van der Waals surface area contributed by atoms with Gasteiger partial charge < -0.3 is 13.9 Å². The second-order valence-electron chi connectivity index (χ2n) is 8.81. The molecule has 0 saturated carbocycles. The van der Waals surface area contributed by atoms with Gasteiger partial charge in [0.05, 0.1) is 35.1 Å². The Balaban J connectivity index is 1.57. The van der Waals surface area contributed by atoms with E-state index in [1.54, 1.807) is 48.5 Å². The predicted octanol–water partition coefficient (Wildman–Crippen LogP) is 6.64. The molecule has 6 aromatic rings. The van der Waals surface area contributed by atoms with Gasteiger partial charge in [-0.05, 0) is 42.5 Å². The van der Waals surface area contributed by atoms with Crippen LogP contribution in [0.1, 0.15) is 22.6 Å². The number of nitrogens with zero attached hydrogens (tertiary/aromatic N) is 4. The molecule has 0 saturated heterocycles. The summed E-state index contributed by atoms with van der Waals surface area (Å²) in [5.41, 5.74) is 0.878. The Morgan fingerprint density at radius 2 is 1.87 bits per heavy atom. The summed E-state index contributed by atoms with van der Waals surface area (Å²) in [7, 11) is 1.52. The van der Waals surface area contributed by atoms with E-state index in [4.69, 9.17) is 42.1 Å². The molecule has 192 valence electrons. The van der Waals surface area contributed by atoms with Crippen molar-refractivity contribution in [2.24, 2.45) is 0 Å². The van der Waals surface area contributed by atoms with Gasteiger partial charge >= 0.3 is 5.63 Å². The Kier molecular flexibility index (Phi) is 5.33. The Hall–Kier alpha value is -4.47. The number of hydrogen-bond acceptors (Lipinski definition) is 7. The van der Waals surface area contributed by atoms with Gasteiger partial charge in [0.25, 0.3) is 0 Å². The summed E-state index contributed by atoms with van der Waals surface area (Å²) in [6.45, 7) is 0. The van der Waals surface area contributed by atoms with Crippen LogP contribution < -0.4 is 15.1 Å². The third kappa shape index (κ3) is 3.58. The van der Waals surface area contributed by atoms with Gasteiger partial charge in [-0.15, -0.1) is 5.10 Å². The van der Waals surface area contributed by atoms with Gasteiger partial charge in [-0.25, -0.2) is 23.7 Å². The van der Waals surface area contributed by atoms with Crippen LogP contribution in [0.3, 0.4) is 0 Å². The zero-order valence-corrected chi connectivity index (χ0v) is 21.5. The van der Waals surface area contributed by atoms with Crippen LogP contribution in [0.15, 0.2) is 76.2 Å². The molecular formula is C28H15Cl2FN4O4. The first-order valence-corrected chi connectivity index (χ1v) is 12.5. The quantitative estimate of drug-likeness (QED) is 0.224. The van der Waals surface area contributed by atoms with Crippen molar-refractivity contribution in [1.82, 2.24) is 19.6 Å². The molecule has 0 N–H and O–H groups in total. The highest BCUT2D eigenvalue weighted by molar-refractivity contribution is 6.31. The van der Waals surface area contributed by atoms with Crippen molar-refractivity contribution in [1.29, 1.82) is 0 Å². The van der Waals surface area contributed by atoms with Gasteiger partial charge in [0.1, 0.15) is 23.5 Å². The highest BCUT2D eigenvalue weighted by atomic mass is 35.5. The monoisotopic (exact) mass is 560 g/mol. The van der Waals surface area contributed by atoms with E-state index >= 15 is 4.39 Å². The van der Waals surface area contributed by atoms with E-state index < -0.39 is 17.4 Å². The number of halogens is 3. The average Bonchev–Trinajstić information content (AvgIpc) is 3.37. The Bertz CT molecular complexity index is 2000. The lowest BCUT2D eigenvalue weighted by Gasteiger charge is -2.28. The molecule has 8 nitrogen and oxygen atoms in total. The molecular weight excluding hydrogens is 546 g/mol. The number of para-hydroxylation sites is 1. The van der Waals surface area contributed by atoms with Crippen LogP contribution in [-0.4, -0.2) is 26.7 Å². The van der Waals surface area contributed by atoms with E-state index in [1.165, 1.54) is 30.1 Å². The second kappa shape index (κ2) is 8.79. The van der Waals surface area contributed by atoms with Crippen molar-refractivity contribution < 1.29 is 18.3 Å². The van der Waals surface area contributed by atoms with Crippen LogP contribution in [0.4, 0.5) is 4.39 Å². The summed E-state index contributed by atoms with van der Waals surface area (Å²) in [4.78, 5) is 22.7. The zero-order chi connectivity index (χ0) is 26.8. The van der Waals surface area contributed by atoms with Crippen LogP contribution in [0, 0.1) is 5.82 Å². The van der Waals surface area contributed by atoms with Gasteiger partial charge in [0, 0.05) is 15.6 Å². The molecule has 0 aliphatic carbocycles. The van der Waals surface area contributed by atoms with E-state index in [2.05, 4.69) is 10.1 Å². The van der Waals surface area contributed by atoms with Crippen molar-refractivity contribution in [3.05, 3.63) is 110 Å². The molecule has 0 fully saturated rings. The summed E-state index contributed by atoms with van der Waals surface area (Å²) in [5, 5.41) is 5.67. The van der Waals surface area contributed by atoms with Crippen molar-refractivity contribution in [3.8, 4) is 28.8 Å². The number of aromatic nitrogens is 4. The largest absolute Gasteiger partial charge is 0.496 e. The molecule has 7 rings (SSSR count). The molecule has 4 heterocycles. The van der Waals surface area contributed by atoms with Crippen LogP contribution in [0.25, 0.3) is 28.0 Å². The van der Waals surface area contributed by atoms with Crippen LogP contribution in [-0.2, 0) is 0 Å². The Morgan fingerprint density at radius 3 is 2.69 bits per heavy atom. The van der Waals surface area contributed by atoms with E-state index in [-0.39, 0.29) is 39.3 Å². The molecule has 0 bridgehead atoms. The third-order valence-corrected chi connectivity index (χ3v) is 7.22.